The largest absolute Gasteiger partial charge is 0.393 e. The van der Waals surface area contributed by atoms with Crippen molar-refractivity contribution in [2.24, 2.45) is 5.92 Å². The van der Waals surface area contributed by atoms with Crippen molar-refractivity contribution in [1.29, 1.82) is 0 Å². The molecule has 1 fully saturated rings. The summed E-state index contributed by atoms with van der Waals surface area (Å²) in [7, 11) is -2.42. The van der Waals surface area contributed by atoms with Crippen molar-refractivity contribution in [3.05, 3.63) is 47.1 Å². The second kappa shape index (κ2) is 11.1. The summed E-state index contributed by atoms with van der Waals surface area (Å²) in [4.78, 5) is 26.0. The van der Waals surface area contributed by atoms with Gasteiger partial charge in [-0.05, 0) is 35.6 Å². The lowest BCUT2D eigenvalue weighted by molar-refractivity contribution is -0.130. The van der Waals surface area contributed by atoms with Crippen molar-refractivity contribution in [2.45, 2.75) is 32.9 Å². The molecule has 4 rings (SSSR count). The van der Waals surface area contributed by atoms with Gasteiger partial charge >= 0.3 is 6.18 Å². The standard InChI is InChI=1S/C26H32F3N5O2S2/c1-18(2)16-34(38(3,4)36)20-7-5-19(6-8-20)13-23(35)32-9-11-33(12-10-32)24-22-14-21(15-26(27,28)29)37-25(22)31-17-30-24/h5-8,14,17-18H,3,9-13,15-16H2,1-2,4H3. The van der Waals surface area contributed by atoms with Crippen molar-refractivity contribution in [1.82, 2.24) is 14.9 Å². The van der Waals surface area contributed by atoms with Crippen LogP contribution in [0, 0.1) is 5.92 Å². The number of fused-ring (bicyclic) bond motifs is 1. The molecule has 1 aromatic carbocycles. The average molecular weight is 568 g/mol. The highest BCUT2D eigenvalue weighted by Crippen LogP contribution is 2.34. The molecule has 2 aromatic heterocycles. The van der Waals surface area contributed by atoms with E-state index >= 15 is 0 Å². The Hall–Kier alpha value is -2.86. The summed E-state index contributed by atoms with van der Waals surface area (Å²) in [6, 6.07) is 9.05. The fourth-order valence-electron chi connectivity index (χ4n) is 4.48. The molecule has 1 aliphatic heterocycles. The maximum absolute atomic E-state index is 13.0. The Morgan fingerprint density at radius 3 is 2.39 bits per heavy atom. The van der Waals surface area contributed by atoms with Gasteiger partial charge in [0.05, 0.1) is 18.2 Å². The number of hydrogen-bond donors (Lipinski definition) is 0. The number of amides is 1. The third kappa shape index (κ3) is 6.96. The zero-order valence-electron chi connectivity index (χ0n) is 21.7. The number of piperazine rings is 1. The number of alkyl halides is 3. The van der Waals surface area contributed by atoms with Crippen LogP contribution in [-0.4, -0.2) is 76.0 Å². The SMILES string of the molecule is C=S(C)(=O)N(CC(C)C)c1ccc(CC(=O)N2CCN(c3ncnc4sc(CC(F)(F)F)cc34)CC2)cc1. The van der Waals surface area contributed by atoms with E-state index in [0.29, 0.717) is 54.7 Å². The first-order valence-corrected chi connectivity index (χ1v) is 15.2. The third-order valence-corrected chi connectivity index (χ3v) is 8.58. The highest BCUT2D eigenvalue weighted by atomic mass is 32.2. The summed E-state index contributed by atoms with van der Waals surface area (Å²) < 4.78 is 53.0. The minimum atomic E-state index is -4.28. The van der Waals surface area contributed by atoms with E-state index in [1.165, 1.54) is 12.4 Å². The molecule has 0 spiro atoms. The Labute approximate surface area is 225 Å². The number of aromatic nitrogens is 2. The zero-order valence-corrected chi connectivity index (χ0v) is 23.3. The van der Waals surface area contributed by atoms with E-state index in [9.17, 15) is 22.2 Å². The lowest BCUT2D eigenvalue weighted by Gasteiger charge is -2.35. The van der Waals surface area contributed by atoms with Crippen molar-refractivity contribution >= 4 is 54.5 Å². The molecule has 206 valence electrons. The lowest BCUT2D eigenvalue weighted by atomic mass is 10.1. The molecule has 3 heterocycles. The first kappa shape index (κ1) is 28.2. The Morgan fingerprint density at radius 1 is 1.16 bits per heavy atom. The summed E-state index contributed by atoms with van der Waals surface area (Å²) in [5.74, 6) is 4.75. The van der Waals surface area contributed by atoms with E-state index in [1.54, 1.807) is 11.2 Å². The molecule has 0 N–H and O–H groups in total. The molecule has 1 aliphatic rings. The van der Waals surface area contributed by atoms with Crippen molar-refractivity contribution in [3.63, 3.8) is 0 Å². The first-order chi connectivity index (χ1) is 17.8. The quantitative estimate of drug-likeness (QED) is 0.377. The molecule has 1 amide bonds. The number of carbonyl (C=O) groups excluding carboxylic acids is 1. The first-order valence-electron chi connectivity index (χ1n) is 12.3. The normalized spacial score (nSPS) is 16.2. The van der Waals surface area contributed by atoms with E-state index < -0.39 is 22.3 Å². The van der Waals surface area contributed by atoms with Gasteiger partial charge in [-0.2, -0.15) is 13.2 Å². The van der Waals surface area contributed by atoms with Gasteiger partial charge in [0.1, 0.15) is 17.0 Å². The maximum Gasteiger partial charge on any atom is 0.393 e. The summed E-state index contributed by atoms with van der Waals surface area (Å²) in [5.41, 5.74) is 1.68. The van der Waals surface area contributed by atoms with Crippen molar-refractivity contribution in [2.75, 3.05) is 48.2 Å². The molecule has 12 heteroatoms. The van der Waals surface area contributed by atoms with Crippen LogP contribution in [0.1, 0.15) is 24.3 Å². The molecular weight excluding hydrogens is 535 g/mol. The minimum absolute atomic E-state index is 0.00344. The summed E-state index contributed by atoms with van der Waals surface area (Å²) in [6.45, 7) is 6.77. The summed E-state index contributed by atoms with van der Waals surface area (Å²) in [6.07, 6.45) is -2.02. The van der Waals surface area contributed by atoms with Gasteiger partial charge in [-0.15, -0.1) is 11.3 Å². The van der Waals surface area contributed by atoms with Gasteiger partial charge in [-0.1, -0.05) is 26.0 Å². The number of halogens is 3. The second-order valence-electron chi connectivity index (χ2n) is 10.0. The summed E-state index contributed by atoms with van der Waals surface area (Å²) >= 11 is 1.03. The van der Waals surface area contributed by atoms with E-state index in [0.717, 1.165) is 22.6 Å². The Balaban J connectivity index is 1.38. The van der Waals surface area contributed by atoms with Crippen LogP contribution in [0.25, 0.3) is 10.2 Å². The van der Waals surface area contributed by atoms with Crippen LogP contribution in [0.15, 0.2) is 36.7 Å². The Morgan fingerprint density at radius 2 is 1.82 bits per heavy atom. The average Bonchev–Trinajstić information content (AvgIpc) is 3.23. The van der Waals surface area contributed by atoms with Crippen LogP contribution in [0.4, 0.5) is 24.7 Å². The van der Waals surface area contributed by atoms with Crippen molar-refractivity contribution < 1.29 is 22.2 Å². The molecule has 7 nitrogen and oxygen atoms in total. The molecule has 0 saturated carbocycles. The number of carbonyl (C=O) groups is 1. The lowest BCUT2D eigenvalue weighted by Crippen LogP contribution is -2.49. The van der Waals surface area contributed by atoms with Gasteiger partial charge in [0.15, 0.2) is 0 Å². The molecule has 0 radical (unpaired) electrons. The van der Waals surface area contributed by atoms with Gasteiger partial charge in [-0.3, -0.25) is 9.10 Å². The maximum atomic E-state index is 13.0. The van der Waals surface area contributed by atoms with Gasteiger partial charge in [0.2, 0.25) is 5.91 Å². The van der Waals surface area contributed by atoms with Gasteiger partial charge in [0, 0.05) is 59.3 Å². The van der Waals surface area contributed by atoms with Crippen LogP contribution in [0.2, 0.25) is 0 Å². The third-order valence-electron chi connectivity index (χ3n) is 6.24. The molecule has 0 bridgehead atoms. The molecule has 1 saturated heterocycles. The monoisotopic (exact) mass is 567 g/mol. The fraction of sp³-hybridized carbons (Fsp3) is 0.462. The van der Waals surface area contributed by atoms with E-state index in [2.05, 4.69) is 29.7 Å². The fourth-order valence-corrected chi connectivity index (χ4v) is 6.68. The van der Waals surface area contributed by atoms with Crippen LogP contribution in [0.5, 0.6) is 0 Å². The van der Waals surface area contributed by atoms with Gasteiger partial charge in [-0.25, -0.2) is 14.2 Å². The van der Waals surface area contributed by atoms with Crippen LogP contribution >= 0.6 is 11.3 Å². The van der Waals surface area contributed by atoms with Crippen molar-refractivity contribution in [3.8, 4) is 0 Å². The highest BCUT2D eigenvalue weighted by Gasteiger charge is 2.30. The molecule has 3 aromatic rings. The highest BCUT2D eigenvalue weighted by molar-refractivity contribution is 8.00. The number of thiophene rings is 1. The molecule has 1 unspecified atom stereocenters. The number of benzene rings is 1. The zero-order chi connectivity index (χ0) is 27.7. The predicted molar refractivity (Wildman–Crippen MR) is 149 cm³/mol. The number of nitrogens with zero attached hydrogens (tertiary/aromatic N) is 5. The van der Waals surface area contributed by atoms with Crippen LogP contribution in [-0.2, 0) is 27.3 Å². The van der Waals surface area contributed by atoms with Gasteiger partial charge in [0.25, 0.3) is 0 Å². The number of anilines is 2. The topological polar surface area (TPSA) is 69.6 Å². The van der Waals surface area contributed by atoms with E-state index in [-0.39, 0.29) is 17.2 Å². The molecular formula is C26H32F3N5O2S2. The second-order valence-corrected chi connectivity index (χ2v) is 13.5. The van der Waals surface area contributed by atoms with Crippen LogP contribution < -0.4 is 9.21 Å². The smallest absolute Gasteiger partial charge is 0.352 e. The Kier molecular flexibility index (Phi) is 8.22. The van der Waals surface area contributed by atoms with E-state index in [4.69, 9.17) is 0 Å². The minimum Gasteiger partial charge on any atom is -0.352 e. The molecule has 0 aliphatic carbocycles. The molecule has 38 heavy (non-hydrogen) atoms. The predicted octanol–water partition coefficient (Wildman–Crippen LogP) is 4.41. The Bertz CT molecular complexity index is 1380. The number of rotatable bonds is 8. The number of hydrogen-bond acceptors (Lipinski definition) is 6. The molecule has 1 atom stereocenters. The van der Waals surface area contributed by atoms with E-state index in [1.807, 2.05) is 33.5 Å². The van der Waals surface area contributed by atoms with Crippen LogP contribution in [0.3, 0.4) is 0 Å². The van der Waals surface area contributed by atoms with Gasteiger partial charge < -0.3 is 9.80 Å². The summed E-state index contributed by atoms with van der Waals surface area (Å²) in [5, 5.41) is 0.612.